The number of nitrogens with zero attached hydrogens (tertiary/aromatic N) is 1. The standard InChI is InChI=1S/C15H30N2/c1-6-16-14-13(7-8-15(14,4)5)17-10-11(2)9-12(17)3/h11-14,16H,6-10H2,1-5H3. The maximum absolute atomic E-state index is 3.76. The summed E-state index contributed by atoms with van der Waals surface area (Å²) in [5.41, 5.74) is 0.465. The Morgan fingerprint density at radius 1 is 1.29 bits per heavy atom. The van der Waals surface area contributed by atoms with Gasteiger partial charge in [0.2, 0.25) is 0 Å². The summed E-state index contributed by atoms with van der Waals surface area (Å²) in [5, 5.41) is 3.76. The monoisotopic (exact) mass is 238 g/mol. The lowest BCUT2D eigenvalue weighted by atomic mass is 9.86. The fraction of sp³-hybridized carbons (Fsp3) is 1.00. The molecule has 0 aromatic heterocycles. The number of hydrogen-bond acceptors (Lipinski definition) is 2. The van der Waals surface area contributed by atoms with Crippen molar-refractivity contribution >= 4 is 0 Å². The zero-order chi connectivity index (χ0) is 12.6. The molecule has 0 spiro atoms. The third-order valence-electron chi connectivity index (χ3n) is 4.99. The minimum absolute atomic E-state index is 0.465. The van der Waals surface area contributed by atoms with E-state index in [4.69, 9.17) is 0 Å². The molecule has 0 bridgehead atoms. The second-order valence-electron chi connectivity index (χ2n) is 7.02. The molecule has 2 fully saturated rings. The van der Waals surface area contributed by atoms with Crippen molar-refractivity contribution in [1.82, 2.24) is 10.2 Å². The first-order valence-electron chi connectivity index (χ1n) is 7.45. The van der Waals surface area contributed by atoms with Crippen molar-refractivity contribution < 1.29 is 0 Å². The molecule has 17 heavy (non-hydrogen) atoms. The van der Waals surface area contributed by atoms with E-state index in [-0.39, 0.29) is 0 Å². The van der Waals surface area contributed by atoms with Gasteiger partial charge in [0.05, 0.1) is 0 Å². The average Bonchev–Trinajstić information content (AvgIpc) is 2.69. The molecule has 1 saturated carbocycles. The van der Waals surface area contributed by atoms with E-state index in [0.29, 0.717) is 11.5 Å². The fourth-order valence-electron chi connectivity index (χ4n) is 4.15. The van der Waals surface area contributed by atoms with Gasteiger partial charge in [0.25, 0.3) is 0 Å². The lowest BCUT2D eigenvalue weighted by molar-refractivity contribution is 0.137. The summed E-state index contributed by atoms with van der Waals surface area (Å²) in [6.45, 7) is 14.3. The molecule has 0 amide bonds. The average molecular weight is 238 g/mol. The maximum Gasteiger partial charge on any atom is 0.0274 e. The highest BCUT2D eigenvalue weighted by atomic mass is 15.2. The summed E-state index contributed by atoms with van der Waals surface area (Å²) >= 11 is 0. The van der Waals surface area contributed by atoms with Crippen molar-refractivity contribution in [2.75, 3.05) is 13.1 Å². The fourth-order valence-corrected chi connectivity index (χ4v) is 4.15. The van der Waals surface area contributed by atoms with Gasteiger partial charge in [-0.2, -0.15) is 0 Å². The van der Waals surface area contributed by atoms with Crippen LogP contribution in [0.3, 0.4) is 0 Å². The van der Waals surface area contributed by atoms with Crippen LogP contribution in [0.15, 0.2) is 0 Å². The van der Waals surface area contributed by atoms with Gasteiger partial charge < -0.3 is 5.32 Å². The summed E-state index contributed by atoms with van der Waals surface area (Å²) in [4.78, 5) is 2.78. The maximum atomic E-state index is 3.76. The van der Waals surface area contributed by atoms with Crippen molar-refractivity contribution in [2.45, 2.75) is 72.0 Å². The van der Waals surface area contributed by atoms with Gasteiger partial charge in [0.1, 0.15) is 0 Å². The number of likely N-dealkylation sites (N-methyl/N-ethyl adjacent to an activating group) is 1. The van der Waals surface area contributed by atoms with Gasteiger partial charge in [-0.1, -0.05) is 27.7 Å². The summed E-state index contributed by atoms with van der Waals surface area (Å²) in [5.74, 6) is 0.885. The molecule has 1 aliphatic carbocycles. The minimum atomic E-state index is 0.465. The number of likely N-dealkylation sites (tertiary alicyclic amines) is 1. The third kappa shape index (κ3) is 2.53. The van der Waals surface area contributed by atoms with Crippen LogP contribution in [0.25, 0.3) is 0 Å². The summed E-state index contributed by atoms with van der Waals surface area (Å²) in [6, 6.07) is 2.23. The van der Waals surface area contributed by atoms with Gasteiger partial charge >= 0.3 is 0 Å². The van der Waals surface area contributed by atoms with Crippen molar-refractivity contribution in [3.8, 4) is 0 Å². The number of rotatable bonds is 3. The first-order chi connectivity index (χ1) is 7.95. The number of hydrogen-bond donors (Lipinski definition) is 1. The Morgan fingerprint density at radius 3 is 2.53 bits per heavy atom. The lowest BCUT2D eigenvalue weighted by Crippen LogP contribution is -2.52. The van der Waals surface area contributed by atoms with E-state index in [1.807, 2.05) is 0 Å². The van der Waals surface area contributed by atoms with E-state index in [1.54, 1.807) is 0 Å². The molecule has 0 aromatic carbocycles. The molecule has 2 rings (SSSR count). The molecule has 2 nitrogen and oxygen atoms in total. The van der Waals surface area contributed by atoms with Crippen molar-refractivity contribution in [1.29, 1.82) is 0 Å². The molecule has 2 heteroatoms. The summed E-state index contributed by atoms with van der Waals surface area (Å²) in [6.07, 6.45) is 4.13. The molecule has 1 N–H and O–H groups in total. The Balaban J connectivity index is 2.10. The second kappa shape index (κ2) is 4.89. The van der Waals surface area contributed by atoms with Crippen molar-refractivity contribution in [2.24, 2.45) is 11.3 Å². The molecule has 1 aliphatic heterocycles. The Hall–Kier alpha value is -0.0800. The first-order valence-corrected chi connectivity index (χ1v) is 7.45. The van der Waals surface area contributed by atoms with E-state index >= 15 is 0 Å². The predicted octanol–water partition coefficient (Wildman–Crippen LogP) is 2.88. The van der Waals surface area contributed by atoms with Gasteiger partial charge in [-0.15, -0.1) is 0 Å². The Kier molecular flexibility index (Phi) is 3.84. The van der Waals surface area contributed by atoms with Crippen LogP contribution in [0.1, 0.15) is 53.9 Å². The van der Waals surface area contributed by atoms with Gasteiger partial charge in [-0.25, -0.2) is 0 Å². The molecule has 4 unspecified atom stereocenters. The largest absolute Gasteiger partial charge is 0.312 e. The minimum Gasteiger partial charge on any atom is -0.312 e. The van der Waals surface area contributed by atoms with Crippen LogP contribution in [-0.2, 0) is 0 Å². The molecule has 0 radical (unpaired) electrons. The van der Waals surface area contributed by atoms with Crippen LogP contribution in [0, 0.1) is 11.3 Å². The molecule has 4 atom stereocenters. The van der Waals surface area contributed by atoms with Crippen LogP contribution < -0.4 is 5.32 Å². The first kappa shape index (κ1) is 13.4. The normalized spacial score (nSPS) is 42.2. The van der Waals surface area contributed by atoms with Gasteiger partial charge in [-0.05, 0) is 44.1 Å². The van der Waals surface area contributed by atoms with Crippen LogP contribution in [0.2, 0.25) is 0 Å². The second-order valence-corrected chi connectivity index (χ2v) is 7.02. The van der Waals surface area contributed by atoms with Crippen LogP contribution >= 0.6 is 0 Å². The Bertz CT molecular complexity index is 262. The Labute approximate surface area is 107 Å². The Morgan fingerprint density at radius 2 is 2.00 bits per heavy atom. The van der Waals surface area contributed by atoms with Gasteiger partial charge in [0.15, 0.2) is 0 Å². The summed E-state index contributed by atoms with van der Waals surface area (Å²) in [7, 11) is 0. The highest BCUT2D eigenvalue weighted by Crippen LogP contribution is 2.42. The van der Waals surface area contributed by atoms with E-state index < -0.39 is 0 Å². The number of nitrogens with one attached hydrogen (secondary N) is 1. The molecular formula is C15H30N2. The highest BCUT2D eigenvalue weighted by molar-refractivity contribution is 5.03. The third-order valence-corrected chi connectivity index (χ3v) is 4.99. The molecule has 1 saturated heterocycles. The highest BCUT2D eigenvalue weighted by Gasteiger charge is 2.46. The van der Waals surface area contributed by atoms with E-state index in [9.17, 15) is 0 Å². The zero-order valence-corrected chi connectivity index (χ0v) is 12.3. The zero-order valence-electron chi connectivity index (χ0n) is 12.3. The topological polar surface area (TPSA) is 15.3 Å². The van der Waals surface area contributed by atoms with Crippen molar-refractivity contribution in [3.05, 3.63) is 0 Å². The predicted molar refractivity (Wildman–Crippen MR) is 74.2 cm³/mol. The van der Waals surface area contributed by atoms with E-state index in [0.717, 1.165) is 24.5 Å². The quantitative estimate of drug-likeness (QED) is 0.813. The molecule has 2 aliphatic rings. The lowest BCUT2D eigenvalue weighted by Gasteiger charge is -2.38. The van der Waals surface area contributed by atoms with Gasteiger partial charge in [0, 0.05) is 24.7 Å². The smallest absolute Gasteiger partial charge is 0.0274 e. The molecular weight excluding hydrogens is 208 g/mol. The SMILES string of the molecule is CCNC1C(N2CC(C)CC2C)CCC1(C)C. The summed E-state index contributed by atoms with van der Waals surface area (Å²) < 4.78 is 0. The molecule has 1 heterocycles. The van der Waals surface area contributed by atoms with Crippen molar-refractivity contribution in [3.63, 3.8) is 0 Å². The molecule has 100 valence electrons. The van der Waals surface area contributed by atoms with Crippen LogP contribution in [-0.4, -0.2) is 36.1 Å². The van der Waals surface area contributed by atoms with Crippen LogP contribution in [0.4, 0.5) is 0 Å². The van der Waals surface area contributed by atoms with E-state index in [2.05, 4.69) is 44.8 Å². The van der Waals surface area contributed by atoms with Crippen LogP contribution in [0.5, 0.6) is 0 Å². The van der Waals surface area contributed by atoms with Gasteiger partial charge in [-0.3, -0.25) is 4.90 Å². The molecule has 0 aromatic rings. The van der Waals surface area contributed by atoms with E-state index in [1.165, 1.54) is 25.8 Å².